The summed E-state index contributed by atoms with van der Waals surface area (Å²) in [6.45, 7) is 2.11. The molecule has 0 bridgehead atoms. The van der Waals surface area contributed by atoms with Crippen molar-refractivity contribution in [2.75, 3.05) is 23.7 Å². The van der Waals surface area contributed by atoms with Crippen molar-refractivity contribution in [3.05, 3.63) is 94.5 Å². The molecule has 1 heterocycles. The van der Waals surface area contributed by atoms with E-state index in [1.165, 1.54) is 5.56 Å². The van der Waals surface area contributed by atoms with E-state index < -0.39 is 6.09 Å². The Morgan fingerprint density at radius 1 is 0.935 bits per heavy atom. The predicted molar refractivity (Wildman–Crippen MR) is 122 cm³/mol. The summed E-state index contributed by atoms with van der Waals surface area (Å²) < 4.78 is 5.21. The van der Waals surface area contributed by atoms with Gasteiger partial charge in [0.25, 0.3) is 5.91 Å². The fourth-order valence-electron chi connectivity index (χ4n) is 3.24. The van der Waals surface area contributed by atoms with Gasteiger partial charge in [-0.05, 0) is 41.5 Å². The second kappa shape index (κ2) is 9.64. The minimum atomic E-state index is -0.626. The molecule has 3 aromatic carbocycles. The van der Waals surface area contributed by atoms with Crippen molar-refractivity contribution in [2.24, 2.45) is 0 Å². The Labute approximate surface area is 185 Å². The molecular weight excluding hydrogens is 414 g/mol. The van der Waals surface area contributed by atoms with Crippen LogP contribution in [0.25, 0.3) is 0 Å². The van der Waals surface area contributed by atoms with Crippen LogP contribution in [0.4, 0.5) is 16.2 Å². The van der Waals surface area contributed by atoms with Crippen LogP contribution in [-0.2, 0) is 11.3 Å². The molecule has 158 valence electrons. The number of nitrogens with one attached hydrogen (secondary N) is 3. The van der Waals surface area contributed by atoms with Crippen LogP contribution in [-0.4, -0.2) is 25.1 Å². The van der Waals surface area contributed by atoms with E-state index in [4.69, 9.17) is 16.3 Å². The smallest absolute Gasteiger partial charge is 0.411 e. The Morgan fingerprint density at radius 2 is 1.68 bits per heavy atom. The lowest BCUT2D eigenvalue weighted by Crippen LogP contribution is -2.39. The highest BCUT2D eigenvalue weighted by atomic mass is 35.5. The molecule has 2 amide bonds. The van der Waals surface area contributed by atoms with E-state index in [0.29, 0.717) is 27.9 Å². The lowest BCUT2D eigenvalue weighted by molar-refractivity contribution is 0.102. The Bertz CT molecular complexity index is 1070. The number of amides is 2. The number of ether oxygens (including phenoxy) is 1. The van der Waals surface area contributed by atoms with Crippen molar-refractivity contribution >= 4 is 35.0 Å². The van der Waals surface area contributed by atoms with Gasteiger partial charge in [-0.15, -0.1) is 0 Å². The first kappa shape index (κ1) is 20.9. The molecule has 7 heteroatoms. The van der Waals surface area contributed by atoms with E-state index in [-0.39, 0.29) is 12.5 Å². The normalized spacial score (nSPS) is 13.2. The number of carbonyl (C=O) groups is 2. The second-order valence-corrected chi connectivity index (χ2v) is 7.78. The van der Waals surface area contributed by atoms with E-state index in [9.17, 15) is 9.59 Å². The van der Waals surface area contributed by atoms with Crippen molar-refractivity contribution in [3.63, 3.8) is 0 Å². The Balaban J connectivity index is 1.37. The van der Waals surface area contributed by atoms with Crippen molar-refractivity contribution < 1.29 is 14.3 Å². The SMILES string of the molecule is O=C(Nc1cc(Cl)cc(C(=O)Nc2ccc(C3CNC3)cc2)c1)OCc1ccccc1. The molecule has 0 spiro atoms. The summed E-state index contributed by atoms with van der Waals surface area (Å²) in [4.78, 5) is 24.8. The summed E-state index contributed by atoms with van der Waals surface area (Å²) in [5.74, 6) is 0.217. The van der Waals surface area contributed by atoms with Gasteiger partial charge in [0.2, 0.25) is 0 Å². The number of halogens is 1. The molecule has 3 N–H and O–H groups in total. The lowest BCUT2D eigenvalue weighted by Gasteiger charge is -2.27. The quantitative estimate of drug-likeness (QED) is 0.507. The van der Waals surface area contributed by atoms with E-state index >= 15 is 0 Å². The summed E-state index contributed by atoms with van der Waals surface area (Å²) in [6, 6.07) is 21.8. The average Bonchev–Trinajstić information content (AvgIpc) is 2.73. The first-order valence-electron chi connectivity index (χ1n) is 9.97. The molecule has 1 aliphatic heterocycles. The van der Waals surface area contributed by atoms with E-state index in [2.05, 4.69) is 16.0 Å². The zero-order valence-electron chi connectivity index (χ0n) is 16.7. The molecule has 1 aliphatic rings. The summed E-state index contributed by atoms with van der Waals surface area (Å²) in [5, 5.41) is 9.05. The second-order valence-electron chi connectivity index (χ2n) is 7.35. The molecule has 1 fully saturated rings. The molecule has 4 rings (SSSR count). The Hall–Kier alpha value is -3.35. The maximum atomic E-state index is 12.7. The topological polar surface area (TPSA) is 79.5 Å². The number of hydrogen-bond acceptors (Lipinski definition) is 4. The zero-order valence-corrected chi connectivity index (χ0v) is 17.5. The minimum Gasteiger partial charge on any atom is -0.444 e. The number of carbonyl (C=O) groups excluding carboxylic acids is 2. The maximum Gasteiger partial charge on any atom is 0.411 e. The van der Waals surface area contributed by atoms with Gasteiger partial charge in [0.1, 0.15) is 6.61 Å². The van der Waals surface area contributed by atoms with E-state index in [1.807, 2.05) is 54.6 Å². The van der Waals surface area contributed by atoms with Crippen LogP contribution >= 0.6 is 11.6 Å². The third-order valence-electron chi connectivity index (χ3n) is 5.04. The van der Waals surface area contributed by atoms with Gasteiger partial charge in [0, 0.05) is 41.0 Å². The fourth-order valence-corrected chi connectivity index (χ4v) is 3.47. The molecule has 3 aromatic rings. The first-order chi connectivity index (χ1) is 15.1. The largest absolute Gasteiger partial charge is 0.444 e. The molecule has 1 saturated heterocycles. The van der Waals surface area contributed by atoms with Crippen LogP contribution in [0.15, 0.2) is 72.8 Å². The van der Waals surface area contributed by atoms with Crippen LogP contribution in [0.2, 0.25) is 5.02 Å². The molecular formula is C24H22ClN3O3. The highest BCUT2D eigenvalue weighted by Crippen LogP contribution is 2.23. The van der Waals surface area contributed by atoms with Gasteiger partial charge in [-0.3, -0.25) is 10.1 Å². The predicted octanol–water partition coefficient (Wildman–Crippen LogP) is 5.03. The minimum absolute atomic E-state index is 0.146. The molecule has 0 atom stereocenters. The van der Waals surface area contributed by atoms with Crippen LogP contribution in [0.3, 0.4) is 0 Å². The van der Waals surface area contributed by atoms with Gasteiger partial charge < -0.3 is 15.4 Å². The molecule has 0 aliphatic carbocycles. The van der Waals surface area contributed by atoms with Crippen LogP contribution in [0.1, 0.15) is 27.4 Å². The summed E-state index contributed by atoms with van der Waals surface area (Å²) in [6.07, 6.45) is -0.626. The van der Waals surface area contributed by atoms with Crippen molar-refractivity contribution in [1.29, 1.82) is 0 Å². The third kappa shape index (κ3) is 5.63. The van der Waals surface area contributed by atoms with Crippen LogP contribution < -0.4 is 16.0 Å². The van der Waals surface area contributed by atoms with Gasteiger partial charge in [-0.2, -0.15) is 0 Å². The summed E-state index contributed by atoms with van der Waals surface area (Å²) in [5.41, 5.74) is 3.53. The van der Waals surface area contributed by atoms with Crippen LogP contribution in [0.5, 0.6) is 0 Å². The lowest BCUT2D eigenvalue weighted by atomic mass is 9.94. The van der Waals surface area contributed by atoms with E-state index in [1.54, 1.807) is 18.2 Å². The van der Waals surface area contributed by atoms with Crippen LogP contribution in [0, 0.1) is 0 Å². The van der Waals surface area contributed by atoms with E-state index in [0.717, 1.165) is 18.7 Å². The maximum absolute atomic E-state index is 12.7. The van der Waals surface area contributed by atoms with Crippen molar-refractivity contribution in [1.82, 2.24) is 5.32 Å². The molecule has 0 saturated carbocycles. The highest BCUT2D eigenvalue weighted by molar-refractivity contribution is 6.31. The number of hydrogen-bond donors (Lipinski definition) is 3. The number of anilines is 2. The Morgan fingerprint density at radius 3 is 2.35 bits per heavy atom. The average molecular weight is 436 g/mol. The first-order valence-corrected chi connectivity index (χ1v) is 10.3. The number of benzene rings is 3. The standard InChI is InChI=1S/C24H22ClN3O3/c25-20-10-18(23(29)27-21-8-6-17(7-9-21)19-13-26-14-19)11-22(12-20)28-24(30)31-15-16-4-2-1-3-5-16/h1-12,19,26H,13-15H2,(H,27,29)(H,28,30). The molecule has 0 unspecified atom stereocenters. The van der Waals surface area contributed by atoms with Gasteiger partial charge in [0.15, 0.2) is 0 Å². The Kier molecular flexibility index (Phi) is 6.50. The van der Waals surface area contributed by atoms with Gasteiger partial charge >= 0.3 is 6.09 Å². The van der Waals surface area contributed by atoms with Gasteiger partial charge in [0.05, 0.1) is 0 Å². The van der Waals surface area contributed by atoms with Gasteiger partial charge in [-0.25, -0.2) is 4.79 Å². The molecule has 0 radical (unpaired) electrons. The third-order valence-corrected chi connectivity index (χ3v) is 5.26. The summed E-state index contributed by atoms with van der Waals surface area (Å²) in [7, 11) is 0. The number of rotatable bonds is 6. The fraction of sp³-hybridized carbons (Fsp3) is 0.167. The zero-order chi connectivity index (χ0) is 21.6. The van der Waals surface area contributed by atoms with Crippen molar-refractivity contribution in [3.8, 4) is 0 Å². The highest BCUT2D eigenvalue weighted by Gasteiger charge is 2.18. The van der Waals surface area contributed by atoms with Gasteiger partial charge in [-0.1, -0.05) is 54.1 Å². The summed E-state index contributed by atoms with van der Waals surface area (Å²) >= 11 is 6.15. The molecule has 0 aromatic heterocycles. The molecule has 6 nitrogen and oxygen atoms in total. The monoisotopic (exact) mass is 435 g/mol. The molecule has 31 heavy (non-hydrogen) atoms. The van der Waals surface area contributed by atoms with Crippen molar-refractivity contribution in [2.45, 2.75) is 12.5 Å².